The molecule has 0 saturated carbocycles. The van der Waals surface area contributed by atoms with Crippen molar-refractivity contribution in [2.24, 2.45) is 0 Å². The van der Waals surface area contributed by atoms with Gasteiger partial charge in [-0.1, -0.05) is 18.2 Å². The van der Waals surface area contributed by atoms with Crippen LogP contribution in [0.25, 0.3) is 0 Å². The summed E-state index contributed by atoms with van der Waals surface area (Å²) in [5, 5.41) is 11.0. The zero-order valence-corrected chi connectivity index (χ0v) is 12.2. The number of nitro benzene ring substituents is 1. The number of nitrogens with zero attached hydrogens (tertiary/aromatic N) is 2. The molecule has 0 N–H and O–H groups in total. The van der Waals surface area contributed by atoms with Crippen LogP contribution in [-0.2, 0) is 16.0 Å². The number of likely N-dealkylation sites (tertiary alicyclic amines) is 1. The fourth-order valence-electron chi connectivity index (χ4n) is 2.76. The predicted octanol–water partition coefficient (Wildman–Crippen LogP) is 2.16. The zero-order chi connectivity index (χ0) is 15.2. The molecule has 2 rings (SSSR count). The highest BCUT2D eigenvalue weighted by atomic mass is 16.6. The Morgan fingerprint density at radius 1 is 1.48 bits per heavy atom. The van der Waals surface area contributed by atoms with E-state index in [0.29, 0.717) is 25.1 Å². The van der Waals surface area contributed by atoms with Gasteiger partial charge in [-0.2, -0.15) is 0 Å². The standard InChI is InChI=1S/C15H20N2O4/c1-2-21-15(18)14-8-5-10-16(14)11-9-12-6-3-4-7-13(12)17(19)20/h3-4,6-7,14H,2,5,8-11H2,1H3. The van der Waals surface area contributed by atoms with Crippen molar-refractivity contribution in [2.75, 3.05) is 19.7 Å². The minimum atomic E-state index is -0.359. The Balaban J connectivity index is 1.99. The van der Waals surface area contributed by atoms with E-state index in [0.717, 1.165) is 19.4 Å². The van der Waals surface area contributed by atoms with Gasteiger partial charge in [0.2, 0.25) is 0 Å². The maximum absolute atomic E-state index is 11.9. The fraction of sp³-hybridized carbons (Fsp3) is 0.533. The quantitative estimate of drug-likeness (QED) is 0.456. The summed E-state index contributed by atoms with van der Waals surface area (Å²) in [7, 11) is 0. The number of nitro groups is 1. The minimum Gasteiger partial charge on any atom is -0.465 e. The van der Waals surface area contributed by atoms with Crippen LogP contribution in [0.5, 0.6) is 0 Å². The van der Waals surface area contributed by atoms with Crippen LogP contribution in [0.1, 0.15) is 25.3 Å². The van der Waals surface area contributed by atoms with Crippen molar-refractivity contribution < 1.29 is 14.5 Å². The molecule has 1 heterocycles. The zero-order valence-electron chi connectivity index (χ0n) is 12.2. The summed E-state index contributed by atoms with van der Waals surface area (Å²) < 4.78 is 5.08. The molecule has 1 fully saturated rings. The second-order valence-electron chi connectivity index (χ2n) is 5.08. The molecule has 0 bridgehead atoms. The van der Waals surface area contributed by atoms with Gasteiger partial charge in [0.15, 0.2) is 0 Å². The Labute approximate surface area is 123 Å². The first-order valence-electron chi connectivity index (χ1n) is 7.26. The molecule has 1 aromatic rings. The van der Waals surface area contributed by atoms with Gasteiger partial charge in [0.25, 0.3) is 5.69 Å². The van der Waals surface area contributed by atoms with E-state index in [1.807, 2.05) is 0 Å². The number of ether oxygens (including phenoxy) is 1. The molecule has 0 aliphatic carbocycles. The maximum atomic E-state index is 11.9. The van der Waals surface area contributed by atoms with Crippen molar-refractivity contribution in [1.29, 1.82) is 0 Å². The normalized spacial score (nSPS) is 18.6. The van der Waals surface area contributed by atoms with Crippen LogP contribution in [-0.4, -0.2) is 41.5 Å². The van der Waals surface area contributed by atoms with Gasteiger partial charge < -0.3 is 4.74 Å². The van der Waals surface area contributed by atoms with Crippen LogP contribution in [0.2, 0.25) is 0 Å². The van der Waals surface area contributed by atoms with Gasteiger partial charge in [0, 0.05) is 18.2 Å². The summed E-state index contributed by atoms with van der Waals surface area (Å²) in [5.74, 6) is -0.183. The highest BCUT2D eigenvalue weighted by Crippen LogP contribution is 2.22. The number of rotatable bonds is 6. The van der Waals surface area contributed by atoms with E-state index in [-0.39, 0.29) is 22.6 Å². The molecule has 0 aromatic heterocycles. The van der Waals surface area contributed by atoms with E-state index < -0.39 is 0 Å². The van der Waals surface area contributed by atoms with Crippen molar-refractivity contribution in [3.8, 4) is 0 Å². The summed E-state index contributed by atoms with van der Waals surface area (Å²) in [6.45, 7) is 3.65. The van der Waals surface area contributed by atoms with E-state index in [1.165, 1.54) is 6.07 Å². The van der Waals surface area contributed by atoms with Crippen LogP contribution in [0.15, 0.2) is 24.3 Å². The Hall–Kier alpha value is -1.95. The first-order chi connectivity index (χ1) is 10.1. The molecule has 0 spiro atoms. The molecule has 6 heteroatoms. The predicted molar refractivity (Wildman–Crippen MR) is 78.0 cm³/mol. The SMILES string of the molecule is CCOC(=O)C1CCCN1CCc1ccccc1[N+](=O)[O-]. The largest absolute Gasteiger partial charge is 0.465 e. The topological polar surface area (TPSA) is 72.7 Å². The average molecular weight is 292 g/mol. The Morgan fingerprint density at radius 2 is 2.24 bits per heavy atom. The molecule has 1 aliphatic heterocycles. The third kappa shape index (κ3) is 3.78. The number of esters is 1. The number of carbonyl (C=O) groups is 1. The molecule has 21 heavy (non-hydrogen) atoms. The lowest BCUT2D eigenvalue weighted by molar-refractivity contribution is -0.385. The Kier molecular flexibility index (Phi) is 5.27. The van der Waals surface area contributed by atoms with Gasteiger partial charge >= 0.3 is 5.97 Å². The van der Waals surface area contributed by atoms with E-state index in [9.17, 15) is 14.9 Å². The lowest BCUT2D eigenvalue weighted by atomic mass is 10.1. The van der Waals surface area contributed by atoms with Gasteiger partial charge in [0.05, 0.1) is 11.5 Å². The van der Waals surface area contributed by atoms with Crippen molar-refractivity contribution >= 4 is 11.7 Å². The van der Waals surface area contributed by atoms with Crippen molar-refractivity contribution in [3.05, 3.63) is 39.9 Å². The molecular weight excluding hydrogens is 272 g/mol. The number of hydrogen-bond donors (Lipinski definition) is 0. The number of hydrogen-bond acceptors (Lipinski definition) is 5. The molecule has 1 unspecified atom stereocenters. The van der Waals surface area contributed by atoms with Crippen LogP contribution < -0.4 is 0 Å². The van der Waals surface area contributed by atoms with E-state index in [1.54, 1.807) is 25.1 Å². The number of carbonyl (C=O) groups excluding carboxylic acids is 1. The fourth-order valence-corrected chi connectivity index (χ4v) is 2.76. The smallest absolute Gasteiger partial charge is 0.323 e. The Bertz CT molecular complexity index is 518. The third-order valence-electron chi connectivity index (χ3n) is 3.78. The number of para-hydroxylation sites is 1. The van der Waals surface area contributed by atoms with Crippen LogP contribution >= 0.6 is 0 Å². The molecule has 1 saturated heterocycles. The molecule has 6 nitrogen and oxygen atoms in total. The lowest BCUT2D eigenvalue weighted by Gasteiger charge is -2.22. The van der Waals surface area contributed by atoms with E-state index >= 15 is 0 Å². The van der Waals surface area contributed by atoms with Gasteiger partial charge in [0.1, 0.15) is 6.04 Å². The summed E-state index contributed by atoms with van der Waals surface area (Å²) in [5.41, 5.74) is 0.849. The second kappa shape index (κ2) is 7.17. The van der Waals surface area contributed by atoms with E-state index in [2.05, 4.69) is 4.90 Å². The monoisotopic (exact) mass is 292 g/mol. The van der Waals surface area contributed by atoms with E-state index in [4.69, 9.17) is 4.74 Å². The average Bonchev–Trinajstić information content (AvgIpc) is 2.94. The molecule has 114 valence electrons. The first kappa shape index (κ1) is 15.4. The third-order valence-corrected chi connectivity index (χ3v) is 3.78. The van der Waals surface area contributed by atoms with Gasteiger partial charge in [-0.05, 0) is 32.7 Å². The van der Waals surface area contributed by atoms with Crippen molar-refractivity contribution in [1.82, 2.24) is 4.90 Å². The Morgan fingerprint density at radius 3 is 2.95 bits per heavy atom. The molecule has 0 amide bonds. The first-order valence-corrected chi connectivity index (χ1v) is 7.26. The van der Waals surface area contributed by atoms with Gasteiger partial charge in [-0.3, -0.25) is 19.8 Å². The molecule has 1 aromatic carbocycles. The van der Waals surface area contributed by atoms with Crippen molar-refractivity contribution in [2.45, 2.75) is 32.2 Å². The van der Waals surface area contributed by atoms with Crippen LogP contribution in [0.3, 0.4) is 0 Å². The molecule has 0 radical (unpaired) electrons. The lowest BCUT2D eigenvalue weighted by Crippen LogP contribution is -2.38. The summed E-state index contributed by atoms with van der Waals surface area (Å²) in [4.78, 5) is 24.6. The second-order valence-corrected chi connectivity index (χ2v) is 5.08. The minimum absolute atomic E-state index is 0.143. The van der Waals surface area contributed by atoms with Crippen molar-refractivity contribution in [3.63, 3.8) is 0 Å². The summed E-state index contributed by atoms with van der Waals surface area (Å²) in [6, 6.07) is 6.55. The molecule has 1 aliphatic rings. The maximum Gasteiger partial charge on any atom is 0.323 e. The van der Waals surface area contributed by atoms with Crippen LogP contribution in [0, 0.1) is 10.1 Å². The summed E-state index contributed by atoms with van der Waals surface area (Å²) in [6.07, 6.45) is 2.32. The highest BCUT2D eigenvalue weighted by molar-refractivity contribution is 5.76. The number of benzene rings is 1. The van der Waals surface area contributed by atoms with Gasteiger partial charge in [-0.25, -0.2) is 0 Å². The molecular formula is C15H20N2O4. The van der Waals surface area contributed by atoms with Gasteiger partial charge in [-0.15, -0.1) is 0 Å². The highest BCUT2D eigenvalue weighted by Gasteiger charge is 2.31. The molecule has 1 atom stereocenters. The van der Waals surface area contributed by atoms with Crippen LogP contribution in [0.4, 0.5) is 5.69 Å². The summed E-state index contributed by atoms with van der Waals surface area (Å²) >= 11 is 0.